The third kappa shape index (κ3) is 5.33. The van der Waals surface area contributed by atoms with Gasteiger partial charge in [0.25, 0.3) is 5.91 Å². The Balaban J connectivity index is 0.00000264. The summed E-state index contributed by atoms with van der Waals surface area (Å²) < 4.78 is 51.6. The van der Waals surface area contributed by atoms with Crippen LogP contribution in [0, 0.1) is 5.82 Å². The van der Waals surface area contributed by atoms with Crippen molar-refractivity contribution in [3.63, 3.8) is 0 Å². The Hall–Kier alpha value is -1.38. The fourth-order valence-corrected chi connectivity index (χ4v) is 2.28. The summed E-state index contributed by atoms with van der Waals surface area (Å²) in [7, 11) is 0. The minimum atomic E-state index is -4.82. The van der Waals surface area contributed by atoms with E-state index in [1.54, 1.807) is 0 Å². The number of hydrogen-bond donors (Lipinski definition) is 2. The molecule has 0 aromatic heterocycles. The van der Waals surface area contributed by atoms with Gasteiger partial charge in [-0.25, -0.2) is 4.39 Å². The predicted molar refractivity (Wildman–Crippen MR) is 80.3 cm³/mol. The molecule has 1 heterocycles. The molecular weight excluding hydrogens is 338 g/mol. The van der Waals surface area contributed by atoms with Crippen LogP contribution in [-0.4, -0.2) is 50.1 Å². The molecule has 1 aromatic carbocycles. The van der Waals surface area contributed by atoms with Gasteiger partial charge in [-0.05, 0) is 12.1 Å². The lowest BCUT2D eigenvalue weighted by Crippen LogP contribution is -2.46. The highest BCUT2D eigenvalue weighted by atomic mass is 35.5. The monoisotopic (exact) mass is 355 g/mol. The number of nitrogens with one attached hydrogen (secondary N) is 2. The summed E-state index contributed by atoms with van der Waals surface area (Å²) in [5, 5.41) is 5.64. The number of hydrogen-bond acceptors (Lipinski definition) is 3. The van der Waals surface area contributed by atoms with Crippen LogP contribution >= 0.6 is 12.4 Å². The molecule has 1 aliphatic heterocycles. The first-order valence-electron chi connectivity index (χ1n) is 6.96. The summed E-state index contributed by atoms with van der Waals surface area (Å²) in [6.45, 7) is 4.23. The van der Waals surface area contributed by atoms with Crippen molar-refractivity contribution in [3.8, 4) is 0 Å². The molecule has 0 bridgehead atoms. The normalized spacial score (nSPS) is 15.8. The number of carbonyl (C=O) groups excluding carboxylic acids is 1. The first-order valence-corrected chi connectivity index (χ1v) is 6.96. The van der Waals surface area contributed by atoms with Crippen molar-refractivity contribution in [2.45, 2.75) is 6.18 Å². The van der Waals surface area contributed by atoms with E-state index in [1.807, 2.05) is 0 Å². The van der Waals surface area contributed by atoms with Crippen molar-refractivity contribution in [1.82, 2.24) is 15.5 Å². The largest absolute Gasteiger partial charge is 0.419 e. The van der Waals surface area contributed by atoms with E-state index in [0.29, 0.717) is 12.6 Å². The van der Waals surface area contributed by atoms with Crippen molar-refractivity contribution in [3.05, 3.63) is 35.1 Å². The third-order valence-corrected chi connectivity index (χ3v) is 3.47. The molecule has 4 nitrogen and oxygen atoms in total. The lowest BCUT2D eigenvalue weighted by Gasteiger charge is -2.27. The van der Waals surface area contributed by atoms with Gasteiger partial charge in [-0.3, -0.25) is 9.69 Å². The average Bonchev–Trinajstić information content (AvgIpc) is 2.47. The van der Waals surface area contributed by atoms with Crippen molar-refractivity contribution in [2.24, 2.45) is 0 Å². The zero-order chi connectivity index (χ0) is 16.2. The van der Waals surface area contributed by atoms with Gasteiger partial charge in [0.1, 0.15) is 5.82 Å². The molecule has 0 aliphatic carbocycles. The van der Waals surface area contributed by atoms with Crippen LogP contribution in [0.5, 0.6) is 0 Å². The maximum Gasteiger partial charge on any atom is 0.419 e. The molecule has 23 heavy (non-hydrogen) atoms. The SMILES string of the molecule is Cl.O=C(NCCN1CCNCC1)c1cccc(C(F)(F)F)c1F. The van der Waals surface area contributed by atoms with Gasteiger partial charge in [0.05, 0.1) is 11.1 Å². The van der Waals surface area contributed by atoms with Gasteiger partial charge >= 0.3 is 6.18 Å². The zero-order valence-corrected chi connectivity index (χ0v) is 13.1. The standard InChI is InChI=1S/C14H17F4N3O.ClH/c15-12-10(2-1-3-11(12)14(16,17)18)13(22)20-6-9-21-7-4-19-5-8-21;/h1-3,19H,4-9H2,(H,20,22);1H. The van der Waals surface area contributed by atoms with E-state index in [2.05, 4.69) is 15.5 Å². The molecule has 130 valence electrons. The summed E-state index contributed by atoms with van der Waals surface area (Å²) in [6, 6.07) is 2.69. The molecular formula is C14H18ClF4N3O. The Labute approximate surface area is 137 Å². The number of nitrogens with zero attached hydrogens (tertiary/aromatic N) is 1. The average molecular weight is 356 g/mol. The summed E-state index contributed by atoms with van der Waals surface area (Å²) in [5.41, 5.74) is -2.02. The van der Waals surface area contributed by atoms with Crippen molar-refractivity contribution < 1.29 is 22.4 Å². The lowest BCUT2D eigenvalue weighted by atomic mass is 10.1. The smallest absolute Gasteiger partial charge is 0.351 e. The fourth-order valence-electron chi connectivity index (χ4n) is 2.28. The van der Waals surface area contributed by atoms with E-state index in [-0.39, 0.29) is 19.0 Å². The summed E-state index contributed by atoms with van der Waals surface area (Å²) in [4.78, 5) is 13.9. The quantitative estimate of drug-likeness (QED) is 0.811. The second-order valence-corrected chi connectivity index (χ2v) is 5.01. The van der Waals surface area contributed by atoms with Crippen LogP contribution in [0.3, 0.4) is 0 Å². The van der Waals surface area contributed by atoms with Crippen molar-refractivity contribution in [2.75, 3.05) is 39.3 Å². The lowest BCUT2D eigenvalue weighted by molar-refractivity contribution is -0.140. The van der Waals surface area contributed by atoms with E-state index >= 15 is 0 Å². The van der Waals surface area contributed by atoms with Gasteiger partial charge in [0.2, 0.25) is 0 Å². The number of rotatable bonds is 4. The Bertz CT molecular complexity index is 533. The second-order valence-electron chi connectivity index (χ2n) is 5.01. The first kappa shape index (κ1) is 19.7. The van der Waals surface area contributed by atoms with Crippen LogP contribution < -0.4 is 10.6 Å². The van der Waals surface area contributed by atoms with E-state index < -0.39 is 29.0 Å². The molecule has 0 radical (unpaired) electrons. The van der Waals surface area contributed by atoms with Gasteiger partial charge in [-0.2, -0.15) is 13.2 Å². The zero-order valence-electron chi connectivity index (χ0n) is 12.3. The van der Waals surface area contributed by atoms with E-state index in [4.69, 9.17) is 0 Å². The Morgan fingerprint density at radius 2 is 1.91 bits per heavy atom. The van der Waals surface area contributed by atoms with Gasteiger partial charge in [0, 0.05) is 39.3 Å². The predicted octanol–water partition coefficient (Wildman–Crippen LogP) is 1.90. The van der Waals surface area contributed by atoms with Crippen LogP contribution in [-0.2, 0) is 6.18 Å². The maximum absolute atomic E-state index is 13.8. The number of halogens is 5. The van der Waals surface area contributed by atoms with Gasteiger partial charge < -0.3 is 10.6 Å². The van der Waals surface area contributed by atoms with E-state index in [1.165, 1.54) is 0 Å². The highest BCUT2D eigenvalue weighted by Crippen LogP contribution is 2.32. The van der Waals surface area contributed by atoms with E-state index in [0.717, 1.165) is 38.3 Å². The molecule has 0 saturated carbocycles. The van der Waals surface area contributed by atoms with Crippen LogP contribution in [0.15, 0.2) is 18.2 Å². The Kier molecular flexibility index (Phi) is 7.24. The van der Waals surface area contributed by atoms with Gasteiger partial charge in [-0.15, -0.1) is 12.4 Å². The highest BCUT2D eigenvalue weighted by molar-refractivity contribution is 5.94. The summed E-state index contributed by atoms with van der Waals surface area (Å²) >= 11 is 0. The minimum Gasteiger partial charge on any atom is -0.351 e. The highest BCUT2D eigenvalue weighted by Gasteiger charge is 2.35. The molecule has 0 spiro atoms. The number of amides is 1. The topological polar surface area (TPSA) is 44.4 Å². The van der Waals surface area contributed by atoms with E-state index in [9.17, 15) is 22.4 Å². The van der Waals surface area contributed by atoms with Crippen molar-refractivity contribution in [1.29, 1.82) is 0 Å². The summed E-state index contributed by atoms with van der Waals surface area (Å²) in [5.74, 6) is -2.37. The molecule has 1 saturated heterocycles. The van der Waals surface area contributed by atoms with Gasteiger partial charge in [0.15, 0.2) is 0 Å². The molecule has 1 aliphatic rings. The first-order chi connectivity index (χ1) is 10.4. The Morgan fingerprint density at radius 3 is 2.52 bits per heavy atom. The molecule has 1 fully saturated rings. The molecule has 9 heteroatoms. The Morgan fingerprint density at radius 1 is 1.26 bits per heavy atom. The number of carbonyl (C=O) groups is 1. The number of benzene rings is 1. The molecule has 1 amide bonds. The van der Waals surface area contributed by atoms with Crippen LogP contribution in [0.2, 0.25) is 0 Å². The number of piperazine rings is 1. The second kappa shape index (κ2) is 8.47. The van der Waals surface area contributed by atoms with Crippen LogP contribution in [0.25, 0.3) is 0 Å². The number of alkyl halides is 3. The summed E-state index contributed by atoms with van der Waals surface area (Å²) in [6.07, 6.45) is -4.82. The fraction of sp³-hybridized carbons (Fsp3) is 0.500. The molecule has 0 unspecified atom stereocenters. The molecule has 1 aromatic rings. The van der Waals surface area contributed by atoms with Crippen LogP contribution in [0.4, 0.5) is 17.6 Å². The maximum atomic E-state index is 13.8. The van der Waals surface area contributed by atoms with Crippen molar-refractivity contribution >= 4 is 18.3 Å². The third-order valence-electron chi connectivity index (χ3n) is 3.47. The molecule has 0 atom stereocenters. The molecule has 2 N–H and O–H groups in total. The van der Waals surface area contributed by atoms with Gasteiger partial charge in [-0.1, -0.05) is 6.07 Å². The molecule has 2 rings (SSSR count). The van der Waals surface area contributed by atoms with Crippen LogP contribution in [0.1, 0.15) is 15.9 Å². The minimum absolute atomic E-state index is 0.